The first kappa shape index (κ1) is 13.9. The van der Waals surface area contributed by atoms with E-state index in [4.69, 9.17) is 5.84 Å². The van der Waals surface area contributed by atoms with E-state index in [0.717, 1.165) is 6.07 Å². The van der Waals surface area contributed by atoms with E-state index in [0.29, 0.717) is 11.8 Å². The van der Waals surface area contributed by atoms with Crippen molar-refractivity contribution in [2.24, 2.45) is 5.84 Å². The lowest BCUT2D eigenvalue weighted by atomic mass is 10.0. The van der Waals surface area contributed by atoms with Gasteiger partial charge in [0.2, 0.25) is 0 Å². The molecule has 0 spiro atoms. The first-order chi connectivity index (χ1) is 8.93. The van der Waals surface area contributed by atoms with Crippen LogP contribution in [0.25, 0.3) is 0 Å². The minimum Gasteiger partial charge on any atom is -0.271 e. The van der Waals surface area contributed by atoms with E-state index in [1.807, 2.05) is 0 Å². The van der Waals surface area contributed by atoms with Gasteiger partial charge in [-0.2, -0.15) is 13.2 Å². The van der Waals surface area contributed by atoms with Crippen LogP contribution in [-0.4, -0.2) is 4.98 Å². The molecule has 0 aliphatic heterocycles. The second kappa shape index (κ2) is 5.24. The molecule has 0 saturated heterocycles. The van der Waals surface area contributed by atoms with E-state index in [2.05, 4.69) is 10.4 Å². The van der Waals surface area contributed by atoms with Gasteiger partial charge in [0, 0.05) is 5.38 Å². The number of aromatic nitrogens is 1. The van der Waals surface area contributed by atoms with E-state index in [-0.39, 0.29) is 5.56 Å². The molecule has 1 aromatic heterocycles. The summed E-state index contributed by atoms with van der Waals surface area (Å²) in [7, 11) is 0. The van der Waals surface area contributed by atoms with E-state index < -0.39 is 23.6 Å². The van der Waals surface area contributed by atoms with Gasteiger partial charge in [0.05, 0.1) is 22.8 Å². The Bertz CT molecular complexity index is 554. The summed E-state index contributed by atoms with van der Waals surface area (Å²) in [6.45, 7) is 0. The molecule has 3 N–H and O–H groups in total. The summed E-state index contributed by atoms with van der Waals surface area (Å²) in [4.78, 5) is 4.00. The Hall–Kier alpha value is -1.51. The smallest absolute Gasteiger partial charge is 0.271 e. The zero-order valence-corrected chi connectivity index (χ0v) is 10.2. The average Bonchev–Trinajstić information content (AvgIpc) is 2.82. The normalized spacial score (nSPS) is 13.5. The fourth-order valence-electron chi connectivity index (χ4n) is 1.66. The van der Waals surface area contributed by atoms with Gasteiger partial charge in [0.25, 0.3) is 0 Å². The van der Waals surface area contributed by atoms with E-state index >= 15 is 0 Å². The molecule has 102 valence electrons. The Kier molecular flexibility index (Phi) is 3.83. The molecule has 2 rings (SSSR count). The topological polar surface area (TPSA) is 50.9 Å². The molecule has 8 heteroatoms. The van der Waals surface area contributed by atoms with Crippen LogP contribution >= 0.6 is 11.3 Å². The first-order valence-corrected chi connectivity index (χ1v) is 6.08. The molecule has 1 aromatic carbocycles. The van der Waals surface area contributed by atoms with Crippen molar-refractivity contribution in [2.45, 2.75) is 12.2 Å². The fourth-order valence-corrected chi connectivity index (χ4v) is 2.24. The molecule has 1 atom stereocenters. The number of hydrogen-bond acceptors (Lipinski definition) is 4. The quantitative estimate of drug-likeness (QED) is 0.519. The van der Waals surface area contributed by atoms with Crippen LogP contribution in [0, 0.1) is 5.82 Å². The summed E-state index contributed by atoms with van der Waals surface area (Å²) in [5, 5.41) is 1.68. The second-order valence-electron chi connectivity index (χ2n) is 3.75. The van der Waals surface area contributed by atoms with Gasteiger partial charge in [-0.25, -0.2) is 14.8 Å². The van der Waals surface area contributed by atoms with Crippen molar-refractivity contribution in [3.8, 4) is 0 Å². The number of halogens is 4. The van der Waals surface area contributed by atoms with Crippen molar-refractivity contribution in [3.63, 3.8) is 0 Å². The maximum Gasteiger partial charge on any atom is 0.419 e. The Labute approximate surface area is 110 Å². The predicted molar refractivity (Wildman–Crippen MR) is 62.7 cm³/mol. The highest BCUT2D eigenvalue weighted by molar-refractivity contribution is 7.07. The molecule has 0 radical (unpaired) electrons. The molecule has 0 bridgehead atoms. The Morgan fingerprint density at radius 1 is 1.32 bits per heavy atom. The molecule has 19 heavy (non-hydrogen) atoms. The van der Waals surface area contributed by atoms with E-state index in [9.17, 15) is 17.6 Å². The number of thiazole rings is 1. The zero-order valence-electron chi connectivity index (χ0n) is 9.41. The van der Waals surface area contributed by atoms with Crippen molar-refractivity contribution in [3.05, 3.63) is 51.7 Å². The third-order valence-electron chi connectivity index (χ3n) is 2.55. The maximum absolute atomic E-state index is 13.5. The van der Waals surface area contributed by atoms with Crippen LogP contribution in [0.2, 0.25) is 0 Å². The van der Waals surface area contributed by atoms with Crippen LogP contribution in [0.3, 0.4) is 0 Å². The molecule has 1 unspecified atom stereocenters. The van der Waals surface area contributed by atoms with Gasteiger partial charge in [-0.05, 0) is 17.7 Å². The predicted octanol–water partition coefficient (Wildman–Crippen LogP) is 2.85. The lowest BCUT2D eigenvalue weighted by Gasteiger charge is -2.16. The fraction of sp³-hybridized carbons (Fsp3) is 0.182. The number of hydrazine groups is 1. The molecule has 0 saturated carbocycles. The number of alkyl halides is 3. The van der Waals surface area contributed by atoms with Gasteiger partial charge in [-0.1, -0.05) is 6.07 Å². The average molecular weight is 291 g/mol. The largest absolute Gasteiger partial charge is 0.419 e. The molecular weight excluding hydrogens is 282 g/mol. The highest BCUT2D eigenvalue weighted by atomic mass is 32.1. The van der Waals surface area contributed by atoms with Gasteiger partial charge in [0.1, 0.15) is 5.82 Å². The van der Waals surface area contributed by atoms with Crippen LogP contribution in [0.1, 0.15) is 22.9 Å². The van der Waals surface area contributed by atoms with Crippen molar-refractivity contribution >= 4 is 11.3 Å². The number of nitrogens with zero attached hydrogens (tertiary/aromatic N) is 1. The third-order valence-corrected chi connectivity index (χ3v) is 3.15. The number of benzene rings is 1. The summed E-state index contributed by atoms with van der Waals surface area (Å²) in [5.74, 6) is 4.01. The van der Waals surface area contributed by atoms with Crippen molar-refractivity contribution in [2.75, 3.05) is 0 Å². The standard InChI is InChI=1S/C11H9F4N3S/c12-8-3-6(1-2-7(8)11(13,14)15)10(18-16)9-4-19-5-17-9/h1-5,10,18H,16H2. The summed E-state index contributed by atoms with van der Waals surface area (Å²) in [6, 6.07) is 2.03. The van der Waals surface area contributed by atoms with Gasteiger partial charge >= 0.3 is 6.18 Å². The highest BCUT2D eigenvalue weighted by Gasteiger charge is 2.34. The van der Waals surface area contributed by atoms with Crippen LogP contribution in [0.4, 0.5) is 17.6 Å². The lowest BCUT2D eigenvalue weighted by Crippen LogP contribution is -2.29. The van der Waals surface area contributed by atoms with Crippen LogP contribution in [0.15, 0.2) is 29.1 Å². The Morgan fingerprint density at radius 2 is 2.05 bits per heavy atom. The summed E-state index contributed by atoms with van der Waals surface area (Å²) >= 11 is 1.31. The molecular formula is C11H9F4N3S. The van der Waals surface area contributed by atoms with E-state index in [1.54, 1.807) is 10.9 Å². The van der Waals surface area contributed by atoms with Gasteiger partial charge in [0.15, 0.2) is 0 Å². The summed E-state index contributed by atoms with van der Waals surface area (Å²) in [6.07, 6.45) is -4.71. The number of hydrogen-bond donors (Lipinski definition) is 2. The molecule has 3 nitrogen and oxygen atoms in total. The molecule has 2 aromatic rings. The van der Waals surface area contributed by atoms with E-state index in [1.165, 1.54) is 17.4 Å². The summed E-state index contributed by atoms with van der Waals surface area (Å²) < 4.78 is 50.8. The van der Waals surface area contributed by atoms with Crippen molar-refractivity contribution < 1.29 is 17.6 Å². The minimum absolute atomic E-state index is 0.277. The zero-order chi connectivity index (χ0) is 14.0. The molecule has 0 amide bonds. The molecule has 1 heterocycles. The number of nitrogens with one attached hydrogen (secondary N) is 1. The SMILES string of the molecule is NNC(c1ccc(C(F)(F)F)c(F)c1)c1cscn1. The number of rotatable bonds is 3. The second-order valence-corrected chi connectivity index (χ2v) is 4.47. The lowest BCUT2D eigenvalue weighted by molar-refractivity contribution is -0.140. The Morgan fingerprint density at radius 3 is 2.53 bits per heavy atom. The highest BCUT2D eigenvalue weighted by Crippen LogP contribution is 2.33. The number of nitrogens with two attached hydrogens (primary N) is 1. The van der Waals surface area contributed by atoms with Crippen LogP contribution in [-0.2, 0) is 6.18 Å². The monoisotopic (exact) mass is 291 g/mol. The molecule has 0 fully saturated rings. The molecule has 0 aliphatic carbocycles. The van der Waals surface area contributed by atoms with Gasteiger partial charge in [-0.3, -0.25) is 5.84 Å². The molecule has 0 aliphatic rings. The Balaban J connectivity index is 2.39. The van der Waals surface area contributed by atoms with Crippen molar-refractivity contribution in [1.29, 1.82) is 0 Å². The third kappa shape index (κ3) is 2.91. The maximum atomic E-state index is 13.5. The minimum atomic E-state index is -4.71. The van der Waals surface area contributed by atoms with Crippen molar-refractivity contribution in [1.82, 2.24) is 10.4 Å². The van der Waals surface area contributed by atoms with Gasteiger partial charge < -0.3 is 0 Å². The summed E-state index contributed by atoms with van der Waals surface area (Å²) in [5.41, 5.74) is 3.45. The van der Waals surface area contributed by atoms with Crippen LogP contribution in [0.5, 0.6) is 0 Å². The first-order valence-electron chi connectivity index (χ1n) is 5.14. The van der Waals surface area contributed by atoms with Gasteiger partial charge in [-0.15, -0.1) is 11.3 Å². The van der Waals surface area contributed by atoms with Crippen LogP contribution < -0.4 is 11.3 Å².